The summed E-state index contributed by atoms with van der Waals surface area (Å²) in [4.78, 5) is 0. The molecule has 0 bridgehead atoms. The van der Waals surface area contributed by atoms with Gasteiger partial charge in [-0.1, -0.05) is 18.9 Å². The molecule has 1 aromatic carbocycles. The van der Waals surface area contributed by atoms with Crippen LogP contribution in [0.5, 0.6) is 11.5 Å². The lowest BCUT2D eigenvalue weighted by Gasteiger charge is -2.11. The van der Waals surface area contributed by atoms with E-state index in [1.165, 1.54) is 31.7 Å². The van der Waals surface area contributed by atoms with Crippen molar-refractivity contribution < 1.29 is 15.7 Å². The van der Waals surface area contributed by atoms with Gasteiger partial charge in [0.05, 0.1) is 0 Å². The van der Waals surface area contributed by atoms with E-state index >= 15 is 0 Å². The van der Waals surface area contributed by atoms with Crippen LogP contribution >= 0.6 is 0 Å². The highest BCUT2D eigenvalue weighted by molar-refractivity contribution is 5.41. The molecule has 3 nitrogen and oxygen atoms in total. The van der Waals surface area contributed by atoms with Gasteiger partial charge in [0.2, 0.25) is 0 Å². The number of phenolic OH excluding ortho intramolecular Hbond substituents is 2. The molecule has 0 spiro atoms. The molecule has 0 amide bonds. The minimum Gasteiger partial charge on any atom is -0.508 e. The summed E-state index contributed by atoms with van der Waals surface area (Å²) < 4.78 is 0. The fraction of sp³-hybridized carbons (Fsp3) is 0.455. The smallest absolute Gasteiger partial charge is 0.122 e. The third-order valence-electron chi connectivity index (χ3n) is 2.81. The lowest BCUT2D eigenvalue weighted by Crippen LogP contribution is -1.91. The zero-order valence-electron chi connectivity index (χ0n) is 8.03. The van der Waals surface area contributed by atoms with Gasteiger partial charge in [0, 0.05) is 6.07 Å². The highest BCUT2D eigenvalue weighted by Crippen LogP contribution is 2.39. The minimum atomic E-state index is 0. The summed E-state index contributed by atoms with van der Waals surface area (Å²) in [5, 5.41) is 18.7. The Labute approximate surface area is 83.3 Å². The summed E-state index contributed by atoms with van der Waals surface area (Å²) in [7, 11) is 0. The molecule has 1 aliphatic rings. The number of benzene rings is 1. The number of hydrogen-bond donors (Lipinski definition) is 2. The molecule has 0 heterocycles. The van der Waals surface area contributed by atoms with Gasteiger partial charge in [0.1, 0.15) is 11.5 Å². The van der Waals surface area contributed by atoms with E-state index in [9.17, 15) is 5.11 Å². The van der Waals surface area contributed by atoms with E-state index in [0.29, 0.717) is 5.92 Å². The first-order chi connectivity index (χ1) is 6.27. The van der Waals surface area contributed by atoms with Crippen LogP contribution in [-0.2, 0) is 0 Å². The van der Waals surface area contributed by atoms with Gasteiger partial charge >= 0.3 is 0 Å². The van der Waals surface area contributed by atoms with E-state index < -0.39 is 0 Å². The van der Waals surface area contributed by atoms with Crippen molar-refractivity contribution >= 4 is 0 Å². The first-order valence-corrected chi connectivity index (χ1v) is 4.79. The van der Waals surface area contributed by atoms with E-state index in [2.05, 4.69) is 0 Å². The average Bonchev–Trinajstić information content (AvgIpc) is 2.56. The Bertz CT molecular complexity index is 303. The first kappa shape index (κ1) is 10.9. The predicted octanol–water partition coefficient (Wildman–Crippen LogP) is 1.93. The highest BCUT2D eigenvalue weighted by Gasteiger charge is 2.19. The molecule has 1 saturated carbocycles. The fourth-order valence-corrected chi connectivity index (χ4v) is 2.11. The molecule has 78 valence electrons. The van der Waals surface area contributed by atoms with Crippen molar-refractivity contribution in [3.63, 3.8) is 0 Å². The lowest BCUT2D eigenvalue weighted by molar-refractivity contribution is 0.441. The van der Waals surface area contributed by atoms with Gasteiger partial charge in [-0.15, -0.1) is 0 Å². The summed E-state index contributed by atoms with van der Waals surface area (Å²) in [5.74, 6) is 0.881. The second kappa shape index (κ2) is 4.33. The third-order valence-corrected chi connectivity index (χ3v) is 2.81. The van der Waals surface area contributed by atoms with Crippen molar-refractivity contribution in [3.8, 4) is 11.5 Å². The largest absolute Gasteiger partial charge is 0.508 e. The Morgan fingerprint density at radius 3 is 2.29 bits per heavy atom. The second-order valence-electron chi connectivity index (χ2n) is 3.72. The molecule has 0 saturated heterocycles. The fourth-order valence-electron chi connectivity index (χ4n) is 2.11. The Morgan fingerprint density at radius 1 is 1.07 bits per heavy atom. The van der Waals surface area contributed by atoms with Crippen molar-refractivity contribution in [2.45, 2.75) is 31.6 Å². The van der Waals surface area contributed by atoms with Gasteiger partial charge in [0.15, 0.2) is 0 Å². The monoisotopic (exact) mass is 196 g/mol. The van der Waals surface area contributed by atoms with Crippen molar-refractivity contribution in [3.05, 3.63) is 23.8 Å². The normalized spacial score (nSPS) is 16.6. The van der Waals surface area contributed by atoms with Crippen molar-refractivity contribution in [2.75, 3.05) is 0 Å². The maximum atomic E-state index is 9.59. The predicted molar refractivity (Wildman–Crippen MR) is 54.6 cm³/mol. The Kier molecular flexibility index (Phi) is 3.36. The van der Waals surface area contributed by atoms with Crippen molar-refractivity contribution in [1.82, 2.24) is 0 Å². The van der Waals surface area contributed by atoms with Gasteiger partial charge in [-0.3, -0.25) is 0 Å². The zero-order valence-corrected chi connectivity index (χ0v) is 8.03. The van der Waals surface area contributed by atoms with Crippen molar-refractivity contribution in [1.29, 1.82) is 0 Å². The summed E-state index contributed by atoms with van der Waals surface area (Å²) in [5.41, 5.74) is 0.996. The molecule has 0 atom stereocenters. The molecule has 0 radical (unpaired) electrons. The number of hydrogen-bond acceptors (Lipinski definition) is 2. The molecule has 2 rings (SSSR count). The average molecular weight is 196 g/mol. The van der Waals surface area contributed by atoms with Crippen LogP contribution < -0.4 is 0 Å². The molecular weight excluding hydrogens is 180 g/mol. The van der Waals surface area contributed by atoms with E-state index in [1.807, 2.05) is 6.07 Å². The molecule has 0 aliphatic heterocycles. The van der Waals surface area contributed by atoms with Crippen LogP contribution in [0.4, 0.5) is 0 Å². The van der Waals surface area contributed by atoms with Crippen LogP contribution in [0.2, 0.25) is 0 Å². The zero-order chi connectivity index (χ0) is 9.26. The van der Waals surface area contributed by atoms with Crippen LogP contribution in [0, 0.1) is 0 Å². The van der Waals surface area contributed by atoms with Gasteiger partial charge < -0.3 is 15.7 Å². The summed E-state index contributed by atoms with van der Waals surface area (Å²) >= 11 is 0. The standard InChI is InChI=1S/C11H14O2.H2O/c12-9-5-6-10(11(13)7-9)8-3-1-2-4-8;/h5-8,12-13H,1-4H2;1H2. The van der Waals surface area contributed by atoms with Crippen molar-refractivity contribution in [2.24, 2.45) is 0 Å². The van der Waals surface area contributed by atoms with Gasteiger partial charge in [-0.05, 0) is 30.4 Å². The highest BCUT2D eigenvalue weighted by atomic mass is 16.3. The molecule has 3 heteroatoms. The quantitative estimate of drug-likeness (QED) is 0.720. The third kappa shape index (κ3) is 1.99. The lowest BCUT2D eigenvalue weighted by atomic mass is 9.97. The van der Waals surface area contributed by atoms with Crippen LogP contribution in [0.25, 0.3) is 0 Å². The Morgan fingerprint density at radius 2 is 1.71 bits per heavy atom. The molecular formula is C11H16O3. The molecule has 1 fully saturated rings. The first-order valence-electron chi connectivity index (χ1n) is 4.79. The van der Waals surface area contributed by atoms with Gasteiger partial charge in [0.25, 0.3) is 0 Å². The second-order valence-corrected chi connectivity index (χ2v) is 3.72. The molecule has 0 aromatic heterocycles. The number of aromatic hydroxyl groups is 2. The summed E-state index contributed by atoms with van der Waals surface area (Å²) in [6.45, 7) is 0. The molecule has 4 N–H and O–H groups in total. The Hall–Kier alpha value is -1.22. The molecule has 14 heavy (non-hydrogen) atoms. The maximum absolute atomic E-state index is 9.59. The van der Waals surface area contributed by atoms with Crippen LogP contribution in [0.3, 0.4) is 0 Å². The van der Waals surface area contributed by atoms with Gasteiger partial charge in [-0.2, -0.15) is 0 Å². The SMILES string of the molecule is O.Oc1ccc(C2CCCC2)c(O)c1. The van der Waals surface area contributed by atoms with Crippen LogP contribution in [0.1, 0.15) is 37.2 Å². The van der Waals surface area contributed by atoms with E-state index in [-0.39, 0.29) is 17.0 Å². The maximum Gasteiger partial charge on any atom is 0.122 e. The molecule has 1 aliphatic carbocycles. The number of phenols is 2. The summed E-state index contributed by atoms with van der Waals surface area (Å²) in [6, 6.07) is 4.90. The van der Waals surface area contributed by atoms with Gasteiger partial charge in [-0.25, -0.2) is 0 Å². The Balaban J connectivity index is 0.000000980. The minimum absolute atomic E-state index is 0. The van der Waals surface area contributed by atoms with E-state index in [0.717, 1.165) is 5.56 Å². The summed E-state index contributed by atoms with van der Waals surface area (Å²) in [6.07, 6.45) is 4.84. The molecule has 1 aromatic rings. The van der Waals surface area contributed by atoms with Crippen LogP contribution in [0.15, 0.2) is 18.2 Å². The van der Waals surface area contributed by atoms with Crippen LogP contribution in [-0.4, -0.2) is 15.7 Å². The van der Waals surface area contributed by atoms with E-state index in [1.54, 1.807) is 6.07 Å². The number of rotatable bonds is 1. The topological polar surface area (TPSA) is 72.0 Å². The molecule has 0 unspecified atom stereocenters. The van der Waals surface area contributed by atoms with E-state index in [4.69, 9.17) is 5.11 Å².